The van der Waals surface area contributed by atoms with Crippen molar-refractivity contribution in [3.63, 3.8) is 0 Å². The van der Waals surface area contributed by atoms with Gasteiger partial charge in [-0.1, -0.05) is 60.7 Å². The third-order valence-corrected chi connectivity index (χ3v) is 5.59. The third-order valence-electron chi connectivity index (χ3n) is 5.59. The molecule has 0 fully saturated rings. The van der Waals surface area contributed by atoms with Crippen LogP contribution in [-0.2, 0) is 16.0 Å². The highest BCUT2D eigenvalue weighted by Crippen LogP contribution is 2.44. The molecule has 0 saturated carbocycles. The van der Waals surface area contributed by atoms with Gasteiger partial charge in [0.05, 0.1) is 0 Å². The maximum absolute atomic E-state index is 12.4. The number of hydrogen-bond donors (Lipinski definition) is 3. The summed E-state index contributed by atoms with van der Waals surface area (Å²) in [5.41, 5.74) is 5.32. The number of alkyl carbamates (subject to hydrolysis) is 1. The number of rotatable bonds is 7. The van der Waals surface area contributed by atoms with Crippen molar-refractivity contribution in [1.82, 2.24) is 5.32 Å². The van der Waals surface area contributed by atoms with Gasteiger partial charge in [-0.05, 0) is 52.8 Å². The van der Waals surface area contributed by atoms with E-state index in [4.69, 9.17) is 4.74 Å². The average molecular weight is 417 g/mol. The van der Waals surface area contributed by atoms with Crippen molar-refractivity contribution in [3.05, 3.63) is 89.5 Å². The Morgan fingerprint density at radius 1 is 0.903 bits per heavy atom. The van der Waals surface area contributed by atoms with Crippen molar-refractivity contribution in [1.29, 1.82) is 0 Å². The lowest BCUT2D eigenvalue weighted by molar-refractivity contribution is -0.139. The number of hydrogen-bond acceptors (Lipinski definition) is 4. The molecule has 0 saturated heterocycles. The lowest BCUT2D eigenvalue weighted by atomic mass is 9.98. The Kier molecular flexibility index (Phi) is 5.89. The summed E-state index contributed by atoms with van der Waals surface area (Å²) >= 11 is 0. The third kappa shape index (κ3) is 4.53. The minimum atomic E-state index is -1.12. The number of carbonyl (C=O) groups excluding carboxylic acids is 1. The molecule has 0 bridgehead atoms. The Hall–Kier alpha value is -3.80. The van der Waals surface area contributed by atoms with E-state index < -0.39 is 18.1 Å². The van der Waals surface area contributed by atoms with Gasteiger partial charge in [0.1, 0.15) is 18.4 Å². The molecule has 1 amide bonds. The number of carboxylic acid groups (broad SMARTS) is 1. The predicted octanol–water partition coefficient (Wildman–Crippen LogP) is 4.32. The summed E-state index contributed by atoms with van der Waals surface area (Å²) in [6, 6.07) is 21.5. The van der Waals surface area contributed by atoms with Crippen LogP contribution in [0, 0.1) is 0 Å². The van der Waals surface area contributed by atoms with E-state index in [9.17, 15) is 19.8 Å². The zero-order chi connectivity index (χ0) is 21.8. The van der Waals surface area contributed by atoms with Crippen molar-refractivity contribution < 1.29 is 24.5 Å². The van der Waals surface area contributed by atoms with Crippen molar-refractivity contribution in [3.8, 4) is 16.9 Å². The van der Waals surface area contributed by atoms with Gasteiger partial charge in [-0.3, -0.25) is 0 Å². The number of ether oxygens (including phenoxy) is 1. The first-order valence-electron chi connectivity index (χ1n) is 10.1. The van der Waals surface area contributed by atoms with E-state index in [-0.39, 0.29) is 24.7 Å². The van der Waals surface area contributed by atoms with Crippen molar-refractivity contribution in [2.75, 3.05) is 6.61 Å². The molecular weight excluding hydrogens is 394 g/mol. The second-order valence-electron chi connectivity index (χ2n) is 7.57. The van der Waals surface area contributed by atoms with E-state index in [1.165, 1.54) is 0 Å². The number of carbonyl (C=O) groups is 2. The molecule has 0 spiro atoms. The van der Waals surface area contributed by atoms with Crippen LogP contribution in [0.15, 0.2) is 72.8 Å². The van der Waals surface area contributed by atoms with E-state index in [1.807, 2.05) is 36.4 Å². The van der Waals surface area contributed by atoms with Crippen LogP contribution < -0.4 is 5.32 Å². The first kappa shape index (κ1) is 20.5. The number of aromatic hydroxyl groups is 1. The van der Waals surface area contributed by atoms with Crippen LogP contribution in [0.1, 0.15) is 29.0 Å². The van der Waals surface area contributed by atoms with Gasteiger partial charge in [-0.2, -0.15) is 0 Å². The van der Waals surface area contributed by atoms with Crippen LogP contribution >= 0.6 is 0 Å². The molecule has 4 rings (SSSR count). The van der Waals surface area contributed by atoms with Crippen molar-refractivity contribution in [2.24, 2.45) is 0 Å². The number of amides is 1. The molecule has 158 valence electrons. The summed E-state index contributed by atoms with van der Waals surface area (Å²) in [6.45, 7) is 0.129. The molecule has 0 aromatic heterocycles. The summed E-state index contributed by atoms with van der Waals surface area (Å²) in [6.07, 6.45) is -0.0921. The van der Waals surface area contributed by atoms with E-state index in [2.05, 4.69) is 17.4 Å². The van der Waals surface area contributed by atoms with Crippen LogP contribution in [0.4, 0.5) is 4.79 Å². The van der Waals surface area contributed by atoms with Crippen molar-refractivity contribution >= 4 is 12.1 Å². The zero-order valence-corrected chi connectivity index (χ0v) is 16.8. The lowest BCUT2D eigenvalue weighted by Gasteiger charge is -2.17. The standard InChI is InChI=1S/C25H23NO5/c27-17-12-9-16(10-13-17)11-14-23(24(28)29)26-25(30)31-15-22-20-7-3-1-5-18(20)19-6-2-4-8-21(19)22/h1-10,12-13,22-23,27H,11,14-15H2,(H,26,30)(H,28,29). The lowest BCUT2D eigenvalue weighted by Crippen LogP contribution is -2.41. The number of benzene rings is 3. The topological polar surface area (TPSA) is 95.9 Å². The molecule has 1 unspecified atom stereocenters. The minimum absolute atomic E-state index is 0.0848. The molecule has 1 atom stereocenters. The molecule has 3 aromatic carbocycles. The summed E-state index contributed by atoms with van der Waals surface area (Å²) in [5, 5.41) is 21.3. The first-order chi connectivity index (χ1) is 15.0. The Balaban J connectivity index is 1.38. The number of carboxylic acids is 1. The van der Waals surface area contributed by atoms with Crippen LogP contribution in [0.2, 0.25) is 0 Å². The Labute approximate surface area is 180 Å². The van der Waals surface area contributed by atoms with Gasteiger partial charge in [-0.25, -0.2) is 9.59 Å². The highest BCUT2D eigenvalue weighted by Gasteiger charge is 2.29. The second-order valence-corrected chi connectivity index (χ2v) is 7.57. The molecule has 0 heterocycles. The SMILES string of the molecule is O=C(NC(CCc1ccc(O)cc1)C(=O)O)OCC1c2ccccc2-c2ccccc21. The smallest absolute Gasteiger partial charge is 0.407 e. The average Bonchev–Trinajstić information content (AvgIpc) is 3.10. The molecule has 1 aliphatic rings. The number of aryl methyl sites for hydroxylation is 1. The van der Waals surface area contributed by atoms with Gasteiger partial charge < -0.3 is 20.3 Å². The molecule has 0 aliphatic heterocycles. The summed E-state index contributed by atoms with van der Waals surface area (Å²) < 4.78 is 5.44. The first-order valence-corrected chi connectivity index (χ1v) is 10.1. The van der Waals surface area contributed by atoms with Gasteiger partial charge in [0.2, 0.25) is 0 Å². The molecule has 3 aromatic rings. The van der Waals surface area contributed by atoms with Gasteiger partial charge in [0.15, 0.2) is 0 Å². The van der Waals surface area contributed by atoms with Gasteiger partial charge in [-0.15, -0.1) is 0 Å². The van der Waals surface area contributed by atoms with Gasteiger partial charge in [0, 0.05) is 5.92 Å². The molecule has 6 heteroatoms. The fourth-order valence-corrected chi connectivity index (χ4v) is 4.01. The number of fused-ring (bicyclic) bond motifs is 3. The van der Waals surface area contributed by atoms with Crippen LogP contribution in [0.3, 0.4) is 0 Å². The quantitative estimate of drug-likeness (QED) is 0.532. The van der Waals surface area contributed by atoms with Gasteiger partial charge in [0.25, 0.3) is 0 Å². The largest absolute Gasteiger partial charge is 0.508 e. The van der Waals surface area contributed by atoms with E-state index in [1.54, 1.807) is 24.3 Å². The minimum Gasteiger partial charge on any atom is -0.508 e. The highest BCUT2D eigenvalue weighted by atomic mass is 16.5. The number of phenolic OH excluding ortho intramolecular Hbond substituents is 1. The summed E-state index contributed by atoms with van der Waals surface area (Å²) in [4.78, 5) is 24.0. The summed E-state index contributed by atoms with van der Waals surface area (Å²) in [5.74, 6) is -1.05. The molecule has 31 heavy (non-hydrogen) atoms. The van der Waals surface area contributed by atoms with Crippen LogP contribution in [-0.4, -0.2) is 34.9 Å². The fraction of sp³-hybridized carbons (Fsp3) is 0.200. The molecular formula is C25H23NO5. The van der Waals surface area contributed by atoms with Crippen LogP contribution in [0.25, 0.3) is 11.1 Å². The molecule has 0 radical (unpaired) electrons. The van der Waals surface area contributed by atoms with E-state index >= 15 is 0 Å². The number of aliphatic carboxylic acids is 1. The Morgan fingerprint density at radius 2 is 1.48 bits per heavy atom. The van der Waals surface area contributed by atoms with Gasteiger partial charge >= 0.3 is 12.1 Å². The monoisotopic (exact) mass is 417 g/mol. The van der Waals surface area contributed by atoms with E-state index in [0.717, 1.165) is 27.8 Å². The van der Waals surface area contributed by atoms with E-state index in [0.29, 0.717) is 6.42 Å². The Morgan fingerprint density at radius 3 is 2.06 bits per heavy atom. The van der Waals surface area contributed by atoms with Crippen molar-refractivity contribution in [2.45, 2.75) is 24.8 Å². The Bertz CT molecular complexity index is 1050. The molecule has 6 nitrogen and oxygen atoms in total. The fourth-order valence-electron chi connectivity index (χ4n) is 4.01. The summed E-state index contributed by atoms with van der Waals surface area (Å²) in [7, 11) is 0. The normalized spacial score (nSPS) is 13.2. The second kappa shape index (κ2) is 8.92. The zero-order valence-electron chi connectivity index (χ0n) is 16.8. The maximum Gasteiger partial charge on any atom is 0.407 e. The molecule has 3 N–H and O–H groups in total. The molecule has 1 aliphatic carbocycles. The number of nitrogens with one attached hydrogen (secondary N) is 1. The maximum atomic E-state index is 12.4. The van der Waals surface area contributed by atoms with Crippen LogP contribution in [0.5, 0.6) is 5.75 Å². The predicted molar refractivity (Wildman–Crippen MR) is 116 cm³/mol. The number of phenols is 1. The highest BCUT2D eigenvalue weighted by molar-refractivity contribution is 5.81.